The molecule has 19 heavy (non-hydrogen) atoms. The van der Waals surface area contributed by atoms with Gasteiger partial charge in [0.2, 0.25) is 0 Å². The molecule has 0 unspecified atom stereocenters. The molecule has 0 aromatic rings. The number of rotatable bonds is 5. The second-order valence-electron chi connectivity index (χ2n) is 6.87. The maximum Gasteiger partial charge on any atom is 0 e. The zero-order valence-electron chi connectivity index (χ0n) is 14.8. The van der Waals surface area contributed by atoms with Crippen molar-refractivity contribution in [3.8, 4) is 0 Å². The molecule has 0 fully saturated rings. The van der Waals surface area contributed by atoms with Crippen LogP contribution >= 0.6 is 0 Å². The van der Waals surface area contributed by atoms with Crippen molar-refractivity contribution >= 4 is 0 Å². The Kier molecular flexibility index (Phi) is 10.1. The largest absolute Gasteiger partial charge is 0.487 e. The van der Waals surface area contributed by atoms with Gasteiger partial charge < -0.3 is 6.08 Å². The molecule has 0 heterocycles. The van der Waals surface area contributed by atoms with Gasteiger partial charge >= 0.3 is 0 Å². The van der Waals surface area contributed by atoms with E-state index < -0.39 is 0 Å². The van der Waals surface area contributed by atoms with Crippen LogP contribution in [0, 0.1) is 29.2 Å². The topological polar surface area (TPSA) is 0 Å². The zero-order valence-corrected chi connectivity index (χ0v) is 17.6. The minimum Gasteiger partial charge on any atom is -0.487 e. The maximum atomic E-state index is 3.81. The van der Waals surface area contributed by atoms with E-state index >= 15 is 0 Å². The molecular weight excluding hydrogens is 305 g/mol. The molecule has 109 valence electrons. The monoisotopic (exact) mass is 338 g/mol. The van der Waals surface area contributed by atoms with Crippen LogP contribution in [0.1, 0.15) is 69.2 Å². The first-order chi connectivity index (χ1) is 8.07. The first-order valence-corrected chi connectivity index (χ1v) is 7.33. The summed E-state index contributed by atoms with van der Waals surface area (Å²) in [5.41, 5.74) is 4.41. The summed E-state index contributed by atoms with van der Waals surface area (Å²) >= 11 is 0. The third-order valence-electron chi connectivity index (χ3n) is 3.84. The van der Waals surface area contributed by atoms with Gasteiger partial charge in [-0.05, 0) is 19.8 Å². The molecular formula is C18H33Y-. The maximum absolute atomic E-state index is 3.81. The Morgan fingerprint density at radius 3 is 1.32 bits per heavy atom. The molecule has 0 rings (SSSR count). The van der Waals surface area contributed by atoms with Crippen LogP contribution in [-0.4, -0.2) is 0 Å². The molecule has 0 aliphatic heterocycles. The molecule has 0 N–H and O–H groups in total. The summed E-state index contributed by atoms with van der Waals surface area (Å²) in [6, 6.07) is 0. The van der Waals surface area contributed by atoms with Crippen molar-refractivity contribution in [2.24, 2.45) is 23.2 Å². The Morgan fingerprint density at radius 2 is 1.16 bits per heavy atom. The summed E-state index contributed by atoms with van der Waals surface area (Å²) in [7, 11) is 0. The minimum atomic E-state index is 0. The van der Waals surface area contributed by atoms with Crippen molar-refractivity contribution in [1.82, 2.24) is 0 Å². The summed E-state index contributed by atoms with van der Waals surface area (Å²) < 4.78 is 0. The van der Waals surface area contributed by atoms with Gasteiger partial charge in [-0.3, -0.25) is 5.57 Å². The molecule has 0 aromatic carbocycles. The molecule has 0 aliphatic carbocycles. The van der Waals surface area contributed by atoms with Crippen molar-refractivity contribution in [2.45, 2.75) is 69.2 Å². The van der Waals surface area contributed by atoms with E-state index in [1.807, 2.05) is 0 Å². The van der Waals surface area contributed by atoms with Crippen molar-refractivity contribution in [2.75, 3.05) is 0 Å². The summed E-state index contributed by atoms with van der Waals surface area (Å²) in [6.45, 7) is 22.8. The number of hydrogen-bond donors (Lipinski definition) is 0. The summed E-state index contributed by atoms with van der Waals surface area (Å²) in [5.74, 6) is 1.71. The van der Waals surface area contributed by atoms with Gasteiger partial charge in [0.25, 0.3) is 0 Å². The van der Waals surface area contributed by atoms with Gasteiger partial charge in [0, 0.05) is 32.7 Å². The quantitative estimate of drug-likeness (QED) is 0.423. The van der Waals surface area contributed by atoms with Crippen LogP contribution in [0.4, 0.5) is 0 Å². The van der Waals surface area contributed by atoms with Crippen LogP contribution < -0.4 is 0 Å². The van der Waals surface area contributed by atoms with Crippen molar-refractivity contribution in [3.05, 3.63) is 22.8 Å². The smallest absolute Gasteiger partial charge is 0 e. The van der Waals surface area contributed by atoms with E-state index in [9.17, 15) is 0 Å². The van der Waals surface area contributed by atoms with Gasteiger partial charge in [0.1, 0.15) is 0 Å². The Labute approximate surface area is 147 Å². The van der Waals surface area contributed by atoms with Gasteiger partial charge in [0.05, 0.1) is 0 Å². The fraction of sp³-hybridized carbons (Fsp3) is 0.778. The summed E-state index contributed by atoms with van der Waals surface area (Å²) in [4.78, 5) is 0. The normalized spacial score (nSPS) is 11.6. The molecule has 0 aliphatic rings. The van der Waals surface area contributed by atoms with Crippen LogP contribution in [0.3, 0.4) is 0 Å². The Hall–Kier alpha value is 0.584. The van der Waals surface area contributed by atoms with Gasteiger partial charge in [-0.1, -0.05) is 78.4 Å². The molecule has 0 bridgehead atoms. The van der Waals surface area contributed by atoms with Crippen molar-refractivity contribution in [1.29, 1.82) is 0 Å². The van der Waals surface area contributed by atoms with Gasteiger partial charge in [-0.25, -0.2) is 0 Å². The fourth-order valence-corrected chi connectivity index (χ4v) is 3.53. The van der Waals surface area contributed by atoms with Crippen molar-refractivity contribution < 1.29 is 32.7 Å². The van der Waals surface area contributed by atoms with Crippen LogP contribution in [0.5, 0.6) is 0 Å². The predicted octanol–water partition coefficient (Wildman–Crippen LogP) is 6.04. The van der Waals surface area contributed by atoms with Crippen LogP contribution in [-0.2, 0) is 32.7 Å². The van der Waals surface area contributed by atoms with E-state index in [2.05, 4.69) is 75.3 Å². The van der Waals surface area contributed by atoms with Gasteiger partial charge in [-0.2, -0.15) is 0 Å². The Morgan fingerprint density at radius 1 is 0.789 bits per heavy atom. The van der Waals surface area contributed by atoms with E-state index in [0.717, 1.165) is 0 Å². The molecule has 0 saturated heterocycles. The standard InChI is InChI=1S/C18H33.Y/c1-12(2)11-18(15(7)8,16(9)10)17(13(3)4)14(5)6;/h13,15-16H,1-10H3;/q-1;. The van der Waals surface area contributed by atoms with Crippen LogP contribution in [0.15, 0.2) is 16.7 Å². The molecule has 0 saturated carbocycles. The van der Waals surface area contributed by atoms with E-state index in [1.165, 1.54) is 11.1 Å². The molecule has 0 atom stereocenters. The molecule has 0 amide bonds. The second kappa shape index (κ2) is 8.78. The van der Waals surface area contributed by atoms with Crippen LogP contribution in [0.25, 0.3) is 0 Å². The third kappa shape index (κ3) is 5.12. The molecule has 0 spiro atoms. The number of allylic oxidation sites excluding steroid dienone is 4. The fourth-order valence-electron chi connectivity index (χ4n) is 3.53. The predicted molar refractivity (Wildman–Crippen MR) is 83.4 cm³/mol. The van der Waals surface area contributed by atoms with E-state index in [1.54, 1.807) is 5.57 Å². The molecule has 0 nitrogen and oxygen atoms in total. The number of hydrogen-bond acceptors (Lipinski definition) is 0. The third-order valence-corrected chi connectivity index (χ3v) is 3.84. The minimum absolute atomic E-state index is 0. The van der Waals surface area contributed by atoms with E-state index in [-0.39, 0.29) is 38.1 Å². The van der Waals surface area contributed by atoms with Gasteiger partial charge in [-0.15, -0.1) is 5.41 Å². The second-order valence-corrected chi connectivity index (χ2v) is 6.87. The average Bonchev–Trinajstić information content (AvgIpc) is 2.13. The zero-order chi connectivity index (χ0) is 14.7. The first-order valence-electron chi connectivity index (χ1n) is 7.33. The summed E-state index contributed by atoms with van der Waals surface area (Å²) in [5, 5.41) is 0. The summed E-state index contributed by atoms with van der Waals surface area (Å²) in [6.07, 6.45) is 3.81. The molecule has 1 heteroatoms. The molecule has 1 radical (unpaired) electrons. The van der Waals surface area contributed by atoms with E-state index in [0.29, 0.717) is 17.8 Å². The SMILES string of the molecule is CC(C)=[C-]C(C(=C(C)C)C(C)C)(C(C)C)C(C)C.[Y]. The first kappa shape index (κ1) is 21.9. The van der Waals surface area contributed by atoms with E-state index in [4.69, 9.17) is 0 Å². The van der Waals surface area contributed by atoms with Crippen molar-refractivity contribution in [3.63, 3.8) is 0 Å². The van der Waals surface area contributed by atoms with Gasteiger partial charge in [0.15, 0.2) is 0 Å². The molecule has 0 aromatic heterocycles. The average molecular weight is 338 g/mol. The van der Waals surface area contributed by atoms with Crippen LogP contribution in [0.2, 0.25) is 0 Å². The Bertz CT molecular complexity index is 314. The Balaban J connectivity index is 0.